The summed E-state index contributed by atoms with van der Waals surface area (Å²) in [5, 5.41) is 12.2. The summed E-state index contributed by atoms with van der Waals surface area (Å²) < 4.78 is 14.3. The average Bonchev–Trinajstić information content (AvgIpc) is 3.31. The maximum absolute atomic E-state index is 12.3. The third-order valence-electron chi connectivity index (χ3n) is 4.59. The molecule has 9 heteroatoms. The van der Waals surface area contributed by atoms with Crippen LogP contribution in [-0.2, 0) is 11.2 Å². The first-order chi connectivity index (χ1) is 14.3. The molecule has 29 heavy (non-hydrogen) atoms. The second kappa shape index (κ2) is 7.92. The minimum atomic E-state index is -0.0242. The van der Waals surface area contributed by atoms with Crippen LogP contribution in [0.15, 0.2) is 47.6 Å². The number of nitrogens with zero attached hydrogens (tertiary/aromatic N) is 3. The zero-order chi connectivity index (χ0) is 19.6. The topological polar surface area (TPSA) is 77.8 Å². The Hall–Kier alpha value is -2.78. The summed E-state index contributed by atoms with van der Waals surface area (Å²) in [6, 6.07) is 14.0. The normalized spacial score (nSPS) is 13.1. The molecule has 148 valence electrons. The van der Waals surface area contributed by atoms with Crippen molar-refractivity contribution >= 4 is 44.2 Å². The van der Waals surface area contributed by atoms with E-state index in [1.54, 1.807) is 11.3 Å². The summed E-state index contributed by atoms with van der Waals surface area (Å²) in [4.78, 5) is 13.1. The van der Waals surface area contributed by atoms with Crippen molar-refractivity contribution in [3.8, 4) is 11.5 Å². The fourth-order valence-corrected chi connectivity index (χ4v) is 5.02. The highest BCUT2D eigenvalue weighted by atomic mass is 32.2. The lowest BCUT2D eigenvalue weighted by atomic mass is 10.1. The molecule has 0 atom stereocenters. The van der Waals surface area contributed by atoms with Crippen molar-refractivity contribution in [2.45, 2.75) is 11.6 Å². The Kier molecular flexibility index (Phi) is 4.99. The van der Waals surface area contributed by atoms with Gasteiger partial charge >= 0.3 is 0 Å². The van der Waals surface area contributed by atoms with Crippen LogP contribution in [0.1, 0.15) is 5.56 Å². The number of hydrogen-bond donors (Lipinski definition) is 1. The van der Waals surface area contributed by atoms with Gasteiger partial charge < -0.3 is 14.8 Å². The van der Waals surface area contributed by atoms with Gasteiger partial charge in [0.15, 0.2) is 16.7 Å². The second-order valence-corrected chi connectivity index (χ2v) is 8.49. The van der Waals surface area contributed by atoms with Gasteiger partial charge in [0.05, 0.1) is 16.0 Å². The number of carbonyl (C=O) groups is 1. The number of benzene rings is 2. The van der Waals surface area contributed by atoms with Crippen LogP contribution in [0.3, 0.4) is 0 Å². The number of rotatable bonds is 6. The zero-order valence-electron chi connectivity index (χ0n) is 15.5. The van der Waals surface area contributed by atoms with Gasteiger partial charge in [-0.25, -0.2) is 0 Å². The Morgan fingerprint density at radius 2 is 2.00 bits per heavy atom. The fraction of sp³-hybridized carbons (Fsp3) is 0.250. The molecule has 1 aliphatic rings. The zero-order valence-corrected chi connectivity index (χ0v) is 17.1. The standard InChI is InChI=1S/C20H18N4O3S2/c25-18(21-8-7-13-5-6-15-16(11-13)27-10-9-26-15)12-28-19-22-23-20-24(19)14-3-1-2-4-17(14)29-20/h1-6,11H,7-10,12H2,(H,21,25). The molecule has 0 unspecified atom stereocenters. The Balaban J connectivity index is 1.16. The summed E-state index contributed by atoms with van der Waals surface area (Å²) in [5.74, 6) is 1.82. The van der Waals surface area contributed by atoms with Gasteiger partial charge in [-0.1, -0.05) is 41.3 Å². The van der Waals surface area contributed by atoms with Gasteiger partial charge in [-0.3, -0.25) is 9.20 Å². The summed E-state index contributed by atoms with van der Waals surface area (Å²) in [6.07, 6.45) is 0.734. The van der Waals surface area contributed by atoms with Crippen LogP contribution >= 0.6 is 23.1 Å². The number of fused-ring (bicyclic) bond motifs is 4. The lowest BCUT2D eigenvalue weighted by Crippen LogP contribution is -2.27. The molecule has 7 nitrogen and oxygen atoms in total. The van der Waals surface area contributed by atoms with Crippen molar-refractivity contribution in [3.05, 3.63) is 48.0 Å². The van der Waals surface area contributed by atoms with Crippen molar-refractivity contribution in [1.82, 2.24) is 19.9 Å². The number of nitrogens with one attached hydrogen (secondary N) is 1. The molecule has 0 aliphatic carbocycles. The van der Waals surface area contributed by atoms with Crippen LogP contribution in [0, 0.1) is 0 Å². The molecule has 0 fully saturated rings. The van der Waals surface area contributed by atoms with Crippen molar-refractivity contribution in [2.24, 2.45) is 0 Å². The molecule has 3 heterocycles. The van der Waals surface area contributed by atoms with E-state index in [4.69, 9.17) is 9.47 Å². The molecule has 0 bridgehead atoms. The predicted octanol–water partition coefficient (Wildman–Crippen LogP) is 3.17. The monoisotopic (exact) mass is 426 g/mol. The van der Waals surface area contributed by atoms with Crippen LogP contribution in [0.4, 0.5) is 0 Å². The van der Waals surface area contributed by atoms with Crippen LogP contribution in [-0.4, -0.2) is 46.0 Å². The summed E-state index contributed by atoms with van der Waals surface area (Å²) in [7, 11) is 0. The van der Waals surface area contributed by atoms with Gasteiger partial charge in [-0.05, 0) is 36.2 Å². The lowest BCUT2D eigenvalue weighted by Gasteiger charge is -2.18. The Labute approximate surface area is 175 Å². The molecule has 0 saturated heterocycles. The molecule has 5 rings (SSSR count). The summed E-state index contributed by atoms with van der Waals surface area (Å²) >= 11 is 2.99. The first kappa shape index (κ1) is 18.3. The highest BCUT2D eigenvalue weighted by Crippen LogP contribution is 2.31. The first-order valence-electron chi connectivity index (χ1n) is 9.28. The van der Waals surface area contributed by atoms with E-state index in [-0.39, 0.29) is 5.91 Å². The number of amides is 1. The molecule has 0 radical (unpaired) electrons. The molecule has 2 aromatic carbocycles. The molecular formula is C20H18N4O3S2. The van der Waals surface area contributed by atoms with Crippen LogP contribution in [0.2, 0.25) is 0 Å². The SMILES string of the molecule is O=C(CSc1nnc2sc3ccccc3n12)NCCc1ccc2c(c1)OCCO2. The van der Waals surface area contributed by atoms with E-state index in [1.807, 2.05) is 40.8 Å². The molecule has 1 N–H and O–H groups in total. The minimum Gasteiger partial charge on any atom is -0.486 e. The van der Waals surface area contributed by atoms with E-state index in [0.717, 1.165) is 43.8 Å². The van der Waals surface area contributed by atoms with Crippen molar-refractivity contribution in [1.29, 1.82) is 0 Å². The quantitative estimate of drug-likeness (QED) is 0.477. The molecule has 1 amide bonds. The van der Waals surface area contributed by atoms with E-state index in [2.05, 4.69) is 21.6 Å². The largest absolute Gasteiger partial charge is 0.486 e. The van der Waals surface area contributed by atoms with Crippen LogP contribution in [0.5, 0.6) is 11.5 Å². The third kappa shape index (κ3) is 3.75. The number of thioether (sulfide) groups is 1. The predicted molar refractivity (Wildman–Crippen MR) is 113 cm³/mol. The van der Waals surface area contributed by atoms with Crippen molar-refractivity contribution in [2.75, 3.05) is 25.5 Å². The number of aromatic nitrogens is 3. The van der Waals surface area contributed by atoms with Crippen molar-refractivity contribution < 1.29 is 14.3 Å². The fourth-order valence-electron chi connectivity index (χ4n) is 3.22. The lowest BCUT2D eigenvalue weighted by molar-refractivity contribution is -0.118. The number of carbonyl (C=O) groups excluding carboxylic acids is 1. The summed E-state index contributed by atoms with van der Waals surface area (Å²) in [6.45, 7) is 1.72. The molecular weight excluding hydrogens is 408 g/mol. The number of ether oxygens (including phenoxy) is 2. The van der Waals surface area contributed by atoms with Crippen LogP contribution in [0.25, 0.3) is 15.2 Å². The van der Waals surface area contributed by atoms with Gasteiger partial charge in [0, 0.05) is 6.54 Å². The van der Waals surface area contributed by atoms with E-state index in [9.17, 15) is 4.79 Å². The summed E-state index contributed by atoms with van der Waals surface area (Å²) in [5.41, 5.74) is 2.17. The Bertz CT molecular complexity index is 1190. The minimum absolute atomic E-state index is 0.0242. The van der Waals surface area contributed by atoms with E-state index in [0.29, 0.717) is 25.5 Å². The maximum atomic E-state index is 12.3. The molecule has 2 aromatic heterocycles. The molecule has 1 aliphatic heterocycles. The Morgan fingerprint density at radius 3 is 2.93 bits per heavy atom. The van der Waals surface area contributed by atoms with Gasteiger partial charge in [0.2, 0.25) is 10.9 Å². The average molecular weight is 427 g/mol. The van der Waals surface area contributed by atoms with Crippen molar-refractivity contribution in [3.63, 3.8) is 0 Å². The van der Waals surface area contributed by atoms with E-state index in [1.165, 1.54) is 11.8 Å². The highest BCUT2D eigenvalue weighted by Gasteiger charge is 2.14. The molecule has 4 aromatic rings. The van der Waals surface area contributed by atoms with Gasteiger partial charge in [0.25, 0.3) is 0 Å². The second-order valence-electron chi connectivity index (χ2n) is 6.54. The third-order valence-corrected chi connectivity index (χ3v) is 6.53. The molecule has 0 saturated carbocycles. The van der Waals surface area contributed by atoms with Gasteiger partial charge in [0.1, 0.15) is 13.2 Å². The first-order valence-corrected chi connectivity index (χ1v) is 11.1. The van der Waals surface area contributed by atoms with Crippen LogP contribution < -0.4 is 14.8 Å². The smallest absolute Gasteiger partial charge is 0.230 e. The number of hydrogen-bond acceptors (Lipinski definition) is 7. The van der Waals surface area contributed by atoms with Gasteiger partial charge in [-0.15, -0.1) is 10.2 Å². The number of para-hydroxylation sites is 1. The maximum Gasteiger partial charge on any atom is 0.230 e. The Morgan fingerprint density at radius 1 is 1.14 bits per heavy atom. The molecule has 0 spiro atoms. The van der Waals surface area contributed by atoms with Gasteiger partial charge in [-0.2, -0.15) is 0 Å². The highest BCUT2D eigenvalue weighted by molar-refractivity contribution is 7.99. The van der Waals surface area contributed by atoms with E-state index < -0.39 is 0 Å². The van der Waals surface area contributed by atoms with E-state index >= 15 is 0 Å². The number of thiazole rings is 1.